The van der Waals surface area contributed by atoms with Gasteiger partial charge in [0.1, 0.15) is 5.82 Å². The number of hydrogen-bond acceptors (Lipinski definition) is 1. The SMILES string of the molecule is O=C(c1cccc(F)c1Br)N1CCCCc2ccccc21. The molecule has 0 aliphatic carbocycles. The molecule has 0 N–H and O–H groups in total. The van der Waals surface area contributed by atoms with Crippen molar-refractivity contribution in [1.29, 1.82) is 0 Å². The number of nitrogens with zero attached hydrogens (tertiary/aromatic N) is 1. The Bertz CT molecular complexity index is 686. The van der Waals surface area contributed by atoms with E-state index in [9.17, 15) is 9.18 Å². The highest BCUT2D eigenvalue weighted by Gasteiger charge is 2.24. The zero-order valence-corrected chi connectivity index (χ0v) is 13.1. The number of aryl methyl sites for hydroxylation is 1. The highest BCUT2D eigenvalue weighted by Crippen LogP contribution is 2.29. The Morgan fingerprint density at radius 3 is 2.76 bits per heavy atom. The summed E-state index contributed by atoms with van der Waals surface area (Å²) in [4.78, 5) is 14.6. The van der Waals surface area contributed by atoms with Gasteiger partial charge < -0.3 is 4.90 Å². The van der Waals surface area contributed by atoms with E-state index >= 15 is 0 Å². The fraction of sp³-hybridized carbons (Fsp3) is 0.235. The van der Waals surface area contributed by atoms with Crippen molar-refractivity contribution in [3.8, 4) is 0 Å². The van der Waals surface area contributed by atoms with Crippen molar-refractivity contribution in [2.75, 3.05) is 11.4 Å². The van der Waals surface area contributed by atoms with Crippen LogP contribution in [0, 0.1) is 5.82 Å². The minimum atomic E-state index is -0.413. The van der Waals surface area contributed by atoms with E-state index in [4.69, 9.17) is 0 Å². The number of carbonyl (C=O) groups excluding carboxylic acids is 1. The summed E-state index contributed by atoms with van der Waals surface area (Å²) in [7, 11) is 0. The second kappa shape index (κ2) is 5.98. The molecule has 1 amide bonds. The first-order chi connectivity index (χ1) is 10.2. The lowest BCUT2D eigenvalue weighted by atomic mass is 10.1. The minimum absolute atomic E-state index is 0.157. The number of amides is 1. The van der Waals surface area contributed by atoms with Crippen LogP contribution in [0.3, 0.4) is 0 Å². The van der Waals surface area contributed by atoms with E-state index in [0.717, 1.165) is 24.9 Å². The summed E-state index contributed by atoms with van der Waals surface area (Å²) in [5, 5.41) is 0. The molecule has 0 atom stereocenters. The smallest absolute Gasteiger partial charge is 0.259 e. The third-order valence-electron chi connectivity index (χ3n) is 3.79. The lowest BCUT2D eigenvalue weighted by Gasteiger charge is -2.23. The van der Waals surface area contributed by atoms with E-state index < -0.39 is 5.82 Å². The van der Waals surface area contributed by atoms with Gasteiger partial charge in [-0.2, -0.15) is 0 Å². The van der Waals surface area contributed by atoms with Crippen molar-refractivity contribution in [3.63, 3.8) is 0 Å². The van der Waals surface area contributed by atoms with E-state index in [0.29, 0.717) is 12.1 Å². The summed E-state index contributed by atoms with van der Waals surface area (Å²) in [6.45, 7) is 0.665. The molecule has 1 aliphatic rings. The maximum absolute atomic E-state index is 13.7. The van der Waals surface area contributed by atoms with Gasteiger partial charge in [-0.3, -0.25) is 4.79 Å². The highest BCUT2D eigenvalue weighted by molar-refractivity contribution is 9.10. The largest absolute Gasteiger partial charge is 0.308 e. The zero-order valence-electron chi connectivity index (χ0n) is 11.5. The Hall–Kier alpha value is -1.68. The molecule has 4 heteroatoms. The molecule has 0 aromatic heterocycles. The van der Waals surface area contributed by atoms with Gasteiger partial charge in [-0.05, 0) is 59.0 Å². The molecular formula is C17H15BrFNO. The van der Waals surface area contributed by atoms with Crippen molar-refractivity contribution in [3.05, 3.63) is 63.9 Å². The summed E-state index contributed by atoms with van der Waals surface area (Å²) in [6.07, 6.45) is 2.99. The summed E-state index contributed by atoms with van der Waals surface area (Å²) in [5.74, 6) is -0.570. The van der Waals surface area contributed by atoms with E-state index in [2.05, 4.69) is 22.0 Å². The van der Waals surface area contributed by atoms with E-state index in [1.54, 1.807) is 17.0 Å². The predicted octanol–water partition coefficient (Wildman–Crippen LogP) is 4.57. The van der Waals surface area contributed by atoms with Crippen molar-refractivity contribution in [2.24, 2.45) is 0 Å². The Balaban J connectivity index is 2.03. The first kappa shape index (κ1) is 14.3. The van der Waals surface area contributed by atoms with Crippen LogP contribution < -0.4 is 4.90 Å². The second-order valence-corrected chi connectivity index (χ2v) is 5.94. The van der Waals surface area contributed by atoms with Gasteiger partial charge in [-0.25, -0.2) is 4.39 Å². The molecule has 2 aromatic rings. The first-order valence-electron chi connectivity index (χ1n) is 7.02. The van der Waals surface area contributed by atoms with Crippen LogP contribution >= 0.6 is 15.9 Å². The second-order valence-electron chi connectivity index (χ2n) is 5.14. The van der Waals surface area contributed by atoms with Gasteiger partial charge in [-0.1, -0.05) is 24.3 Å². The first-order valence-corrected chi connectivity index (χ1v) is 7.81. The fourth-order valence-corrected chi connectivity index (χ4v) is 3.15. The molecule has 0 saturated carbocycles. The molecule has 0 saturated heterocycles. The number of fused-ring (bicyclic) bond motifs is 1. The third-order valence-corrected chi connectivity index (χ3v) is 4.59. The quantitative estimate of drug-likeness (QED) is 0.739. The van der Waals surface area contributed by atoms with Gasteiger partial charge >= 0.3 is 0 Å². The molecule has 0 spiro atoms. The number of halogens is 2. The molecule has 2 nitrogen and oxygen atoms in total. The van der Waals surface area contributed by atoms with Gasteiger partial charge in [0.25, 0.3) is 5.91 Å². The Labute approximate surface area is 131 Å². The van der Waals surface area contributed by atoms with Gasteiger partial charge in [0.05, 0.1) is 10.0 Å². The molecule has 1 heterocycles. The van der Waals surface area contributed by atoms with Crippen molar-refractivity contribution >= 4 is 27.5 Å². The van der Waals surface area contributed by atoms with Crippen LogP contribution in [0.5, 0.6) is 0 Å². The third kappa shape index (κ3) is 2.72. The summed E-state index contributed by atoms with van der Waals surface area (Å²) < 4.78 is 13.9. The monoisotopic (exact) mass is 347 g/mol. The van der Waals surface area contributed by atoms with Crippen LogP contribution in [0.1, 0.15) is 28.8 Å². The maximum Gasteiger partial charge on any atom is 0.259 e. The van der Waals surface area contributed by atoms with Crippen LogP contribution in [-0.4, -0.2) is 12.5 Å². The molecule has 0 radical (unpaired) electrons. The average Bonchev–Trinajstić information content (AvgIpc) is 2.72. The number of benzene rings is 2. The van der Waals surface area contributed by atoms with Gasteiger partial charge in [0, 0.05) is 12.2 Å². The maximum atomic E-state index is 13.7. The number of hydrogen-bond donors (Lipinski definition) is 0. The Kier molecular flexibility index (Phi) is 4.06. The number of anilines is 1. The zero-order chi connectivity index (χ0) is 14.8. The molecular weight excluding hydrogens is 333 g/mol. The van der Waals surface area contributed by atoms with E-state index in [-0.39, 0.29) is 10.4 Å². The normalized spacial score (nSPS) is 14.5. The molecule has 0 bridgehead atoms. The highest BCUT2D eigenvalue weighted by atomic mass is 79.9. The summed E-state index contributed by atoms with van der Waals surface area (Å²) >= 11 is 3.18. The lowest BCUT2D eigenvalue weighted by Crippen LogP contribution is -2.32. The fourth-order valence-electron chi connectivity index (χ4n) is 2.72. The average molecular weight is 348 g/mol. The Morgan fingerprint density at radius 2 is 1.90 bits per heavy atom. The number of rotatable bonds is 1. The molecule has 108 valence electrons. The van der Waals surface area contributed by atoms with Crippen molar-refractivity contribution < 1.29 is 9.18 Å². The molecule has 3 rings (SSSR count). The summed E-state index contributed by atoms with van der Waals surface area (Å²) in [5.41, 5.74) is 2.48. The minimum Gasteiger partial charge on any atom is -0.308 e. The number of para-hydroxylation sites is 1. The van der Waals surface area contributed by atoms with Crippen molar-refractivity contribution in [1.82, 2.24) is 0 Å². The topological polar surface area (TPSA) is 20.3 Å². The van der Waals surface area contributed by atoms with Gasteiger partial charge in [-0.15, -0.1) is 0 Å². The van der Waals surface area contributed by atoms with Crippen molar-refractivity contribution in [2.45, 2.75) is 19.3 Å². The van der Waals surface area contributed by atoms with Crippen LogP contribution in [0.2, 0.25) is 0 Å². The van der Waals surface area contributed by atoms with E-state index in [1.807, 2.05) is 18.2 Å². The van der Waals surface area contributed by atoms with Crippen LogP contribution in [-0.2, 0) is 6.42 Å². The van der Waals surface area contributed by atoms with Gasteiger partial charge in [0.2, 0.25) is 0 Å². The molecule has 0 fully saturated rings. The predicted molar refractivity (Wildman–Crippen MR) is 85.2 cm³/mol. The Morgan fingerprint density at radius 1 is 1.10 bits per heavy atom. The summed E-state index contributed by atoms with van der Waals surface area (Å²) in [6, 6.07) is 12.5. The van der Waals surface area contributed by atoms with E-state index in [1.165, 1.54) is 11.6 Å². The lowest BCUT2D eigenvalue weighted by molar-refractivity contribution is 0.0985. The molecule has 0 unspecified atom stereocenters. The molecule has 2 aromatic carbocycles. The van der Waals surface area contributed by atoms with Crippen LogP contribution in [0.25, 0.3) is 0 Å². The van der Waals surface area contributed by atoms with Crippen LogP contribution in [0.4, 0.5) is 10.1 Å². The number of carbonyl (C=O) groups is 1. The molecule has 21 heavy (non-hydrogen) atoms. The standard InChI is InChI=1S/C17H15BrFNO/c18-16-13(8-5-9-14(16)19)17(21)20-11-4-3-7-12-6-1-2-10-15(12)20/h1-2,5-6,8-10H,3-4,7,11H2. The molecule has 1 aliphatic heterocycles. The van der Waals surface area contributed by atoms with Crippen LogP contribution in [0.15, 0.2) is 46.9 Å². The van der Waals surface area contributed by atoms with Gasteiger partial charge in [0.15, 0.2) is 0 Å².